The quantitative estimate of drug-likeness (QED) is 0.129. The average Bonchev–Trinajstić information content (AvgIpc) is 3.06. The Bertz CT molecular complexity index is 1470. The van der Waals surface area contributed by atoms with E-state index < -0.39 is 0 Å². The highest BCUT2D eigenvalue weighted by Gasteiger charge is 2.24. The summed E-state index contributed by atoms with van der Waals surface area (Å²) in [5, 5.41) is 3.08. The van der Waals surface area contributed by atoms with Crippen LogP contribution in [0.3, 0.4) is 0 Å². The van der Waals surface area contributed by atoms with Crippen molar-refractivity contribution in [2.24, 2.45) is 0 Å². The van der Waals surface area contributed by atoms with Crippen LogP contribution in [0, 0.1) is 11.8 Å². The van der Waals surface area contributed by atoms with E-state index in [1.165, 1.54) is 0 Å². The third-order valence-electron chi connectivity index (χ3n) is 7.05. The summed E-state index contributed by atoms with van der Waals surface area (Å²) in [6, 6.07) is 37.3. The van der Waals surface area contributed by atoms with Crippen LogP contribution in [0.2, 0.25) is 0 Å². The summed E-state index contributed by atoms with van der Waals surface area (Å²) in [6.07, 6.45) is 4.21. The topological polar surface area (TPSA) is 50.8 Å². The number of methoxy groups -OCH3 is 1. The van der Waals surface area contributed by atoms with Crippen molar-refractivity contribution in [2.45, 2.75) is 45.4 Å². The zero-order chi connectivity index (χ0) is 30.1. The summed E-state index contributed by atoms with van der Waals surface area (Å²) in [4.78, 5) is 15.7. The van der Waals surface area contributed by atoms with Crippen molar-refractivity contribution >= 4 is 17.3 Å². The van der Waals surface area contributed by atoms with Gasteiger partial charge in [0.1, 0.15) is 5.75 Å². The minimum absolute atomic E-state index is 0.206. The van der Waals surface area contributed by atoms with Crippen molar-refractivity contribution in [2.75, 3.05) is 19.0 Å². The van der Waals surface area contributed by atoms with E-state index in [1.54, 1.807) is 7.11 Å². The molecular formula is C38H40N2O3. The molecule has 0 aliphatic carbocycles. The van der Waals surface area contributed by atoms with Gasteiger partial charge in [-0.25, -0.2) is 4.79 Å². The number of benzene rings is 4. The smallest absolute Gasteiger partial charge is 0.323 e. The number of ether oxygens (including phenoxy) is 2. The third-order valence-corrected chi connectivity index (χ3v) is 7.05. The molecule has 2 amide bonds. The normalized spacial score (nSPS) is 11.6. The maximum atomic E-state index is 13.9. The van der Waals surface area contributed by atoms with E-state index in [1.807, 2.05) is 103 Å². The number of hydrogen-bond donors (Lipinski definition) is 1. The second-order valence-electron chi connectivity index (χ2n) is 10.1. The van der Waals surface area contributed by atoms with Crippen molar-refractivity contribution in [3.63, 3.8) is 0 Å². The molecular weight excluding hydrogens is 532 g/mol. The highest BCUT2D eigenvalue weighted by atomic mass is 16.5. The number of unbranched alkanes of at least 4 members (excludes halogenated alkanes) is 1. The zero-order valence-electron chi connectivity index (χ0n) is 25.0. The first-order chi connectivity index (χ1) is 21.2. The molecule has 4 rings (SSSR count). The first-order valence-corrected chi connectivity index (χ1v) is 14.7. The zero-order valence-corrected chi connectivity index (χ0v) is 25.0. The van der Waals surface area contributed by atoms with E-state index in [9.17, 15) is 4.79 Å². The first-order valence-electron chi connectivity index (χ1n) is 14.7. The molecule has 0 saturated carbocycles. The highest BCUT2D eigenvalue weighted by Crippen LogP contribution is 2.24. The van der Waals surface area contributed by atoms with Crippen molar-refractivity contribution in [3.05, 3.63) is 138 Å². The van der Waals surface area contributed by atoms with E-state index in [0.29, 0.717) is 38.3 Å². The van der Waals surface area contributed by atoms with Gasteiger partial charge in [-0.3, -0.25) is 0 Å². The summed E-state index contributed by atoms with van der Waals surface area (Å²) in [5.74, 6) is 7.57. The van der Waals surface area contributed by atoms with Gasteiger partial charge in [0.2, 0.25) is 0 Å². The maximum Gasteiger partial charge on any atom is 0.323 e. The van der Waals surface area contributed by atoms with E-state index in [2.05, 4.69) is 47.5 Å². The molecule has 1 atom stereocenters. The lowest BCUT2D eigenvalue weighted by atomic mass is 9.97. The molecule has 4 aromatic rings. The van der Waals surface area contributed by atoms with Gasteiger partial charge in [-0.05, 0) is 59.9 Å². The third kappa shape index (κ3) is 10.2. The van der Waals surface area contributed by atoms with Crippen molar-refractivity contribution in [3.8, 4) is 17.6 Å². The Morgan fingerprint density at radius 2 is 1.49 bits per heavy atom. The van der Waals surface area contributed by atoms with Crippen LogP contribution >= 0.6 is 0 Å². The van der Waals surface area contributed by atoms with Gasteiger partial charge >= 0.3 is 6.03 Å². The monoisotopic (exact) mass is 572 g/mol. The van der Waals surface area contributed by atoms with Gasteiger partial charge in [0.15, 0.2) is 0 Å². The molecule has 0 saturated heterocycles. The lowest BCUT2D eigenvalue weighted by Gasteiger charge is -2.30. The van der Waals surface area contributed by atoms with Crippen LogP contribution in [0.4, 0.5) is 10.5 Å². The number of amides is 2. The van der Waals surface area contributed by atoms with Crippen molar-refractivity contribution in [1.29, 1.82) is 0 Å². The maximum absolute atomic E-state index is 13.9. The number of urea groups is 1. The number of rotatable bonds is 13. The number of carbonyl (C=O) groups excluding carboxylic acids is 1. The van der Waals surface area contributed by atoms with Gasteiger partial charge in [0, 0.05) is 31.7 Å². The molecule has 5 nitrogen and oxygen atoms in total. The minimum atomic E-state index is -0.352. The van der Waals surface area contributed by atoms with Gasteiger partial charge in [-0.15, -0.1) is 5.92 Å². The summed E-state index contributed by atoms with van der Waals surface area (Å²) >= 11 is 0. The fourth-order valence-corrected chi connectivity index (χ4v) is 4.69. The Kier molecular flexibility index (Phi) is 12.5. The van der Waals surface area contributed by atoms with Crippen LogP contribution in [0.25, 0.3) is 5.57 Å². The minimum Gasteiger partial charge on any atom is -0.497 e. The molecule has 0 radical (unpaired) electrons. The lowest BCUT2D eigenvalue weighted by molar-refractivity contribution is 0.119. The molecule has 0 fully saturated rings. The Labute approximate surface area is 256 Å². The predicted molar refractivity (Wildman–Crippen MR) is 176 cm³/mol. The summed E-state index contributed by atoms with van der Waals surface area (Å²) in [6.45, 7) is 3.68. The molecule has 220 valence electrons. The number of carbonyl (C=O) groups is 1. The Morgan fingerprint density at radius 3 is 2.12 bits per heavy atom. The van der Waals surface area contributed by atoms with Crippen LogP contribution in [0.1, 0.15) is 42.9 Å². The number of nitrogens with one attached hydrogen (secondary N) is 1. The lowest BCUT2D eigenvalue weighted by Crippen LogP contribution is -2.42. The van der Waals surface area contributed by atoms with Gasteiger partial charge in [0.25, 0.3) is 0 Å². The van der Waals surface area contributed by atoms with Gasteiger partial charge in [-0.1, -0.05) is 103 Å². The van der Waals surface area contributed by atoms with Crippen LogP contribution in [-0.4, -0.2) is 30.7 Å². The molecule has 1 N–H and O–H groups in total. The number of allylic oxidation sites excluding steroid dienone is 1. The number of hydrogen-bond acceptors (Lipinski definition) is 3. The fraction of sp³-hybridized carbons (Fsp3) is 0.237. The Balaban J connectivity index is 1.54. The summed E-state index contributed by atoms with van der Waals surface area (Å²) < 4.78 is 11.1. The van der Waals surface area contributed by atoms with E-state index in [0.717, 1.165) is 34.4 Å². The molecule has 0 spiro atoms. The molecule has 4 aromatic carbocycles. The Morgan fingerprint density at radius 1 is 0.860 bits per heavy atom. The molecule has 5 heteroatoms. The van der Waals surface area contributed by atoms with Crippen LogP contribution < -0.4 is 10.1 Å². The van der Waals surface area contributed by atoms with E-state index in [-0.39, 0.29) is 12.1 Å². The molecule has 43 heavy (non-hydrogen) atoms. The SMILES string of the molecule is C/C=C(/CC(C#CCCCOCc1ccccc1)N(Cc1ccccc1)C(=O)Nc1ccc(OC)cc1)c1ccccc1. The molecule has 0 aliphatic heterocycles. The van der Waals surface area contributed by atoms with E-state index in [4.69, 9.17) is 9.47 Å². The Hall–Kier alpha value is -4.79. The number of anilines is 1. The molecule has 1 unspecified atom stereocenters. The highest BCUT2D eigenvalue weighted by molar-refractivity contribution is 5.90. The van der Waals surface area contributed by atoms with Crippen LogP contribution in [0.5, 0.6) is 5.75 Å². The standard InChI is InChI=1S/C38H40N2O3/c1-3-33(34-20-12-6-13-21-34)28-36(22-14-7-15-27-43-30-32-18-10-5-11-19-32)40(29-31-16-8-4-9-17-31)38(41)39-35-23-25-37(42-2)26-24-35/h3-6,8-13,16-21,23-26,36H,7,15,27-30H2,1-2H3,(H,39,41)/b33-3-. The van der Waals surface area contributed by atoms with Crippen LogP contribution in [-0.2, 0) is 17.9 Å². The van der Waals surface area contributed by atoms with E-state index >= 15 is 0 Å². The largest absolute Gasteiger partial charge is 0.497 e. The second kappa shape index (κ2) is 17.2. The van der Waals surface area contributed by atoms with Gasteiger partial charge in [-0.2, -0.15) is 0 Å². The second-order valence-corrected chi connectivity index (χ2v) is 10.1. The fourth-order valence-electron chi connectivity index (χ4n) is 4.69. The average molecular weight is 573 g/mol. The van der Waals surface area contributed by atoms with Gasteiger partial charge < -0.3 is 19.7 Å². The van der Waals surface area contributed by atoms with Crippen molar-refractivity contribution in [1.82, 2.24) is 4.90 Å². The summed E-state index contributed by atoms with van der Waals surface area (Å²) in [5.41, 5.74) is 5.16. The van der Waals surface area contributed by atoms with Crippen LogP contribution in [0.15, 0.2) is 121 Å². The molecule has 0 heterocycles. The molecule has 0 aromatic heterocycles. The van der Waals surface area contributed by atoms with Crippen molar-refractivity contribution < 1.29 is 14.3 Å². The molecule has 0 bridgehead atoms. The predicted octanol–water partition coefficient (Wildman–Crippen LogP) is 8.59. The molecule has 0 aliphatic rings. The number of nitrogens with zero attached hydrogens (tertiary/aromatic N) is 1. The van der Waals surface area contributed by atoms with Gasteiger partial charge in [0.05, 0.1) is 19.8 Å². The summed E-state index contributed by atoms with van der Waals surface area (Å²) in [7, 11) is 1.62. The first kappa shape index (κ1) is 31.2.